The summed E-state index contributed by atoms with van der Waals surface area (Å²) >= 11 is 1.40. The lowest BCUT2D eigenvalue weighted by molar-refractivity contribution is -0.142. The third kappa shape index (κ3) is 11.9. The second-order valence-electron chi connectivity index (χ2n) is 7.73. The van der Waals surface area contributed by atoms with E-state index in [4.69, 9.17) is 11.5 Å². The highest BCUT2D eigenvalue weighted by Gasteiger charge is 2.30. The molecule has 0 rings (SSSR count). The summed E-state index contributed by atoms with van der Waals surface area (Å²) in [6.07, 6.45) is 1.89. The van der Waals surface area contributed by atoms with Gasteiger partial charge >= 0.3 is 5.97 Å². The van der Waals surface area contributed by atoms with Crippen LogP contribution < -0.4 is 27.4 Å². The summed E-state index contributed by atoms with van der Waals surface area (Å²) in [5, 5.41) is 25.9. The molecule has 0 aromatic carbocycles. The van der Waals surface area contributed by atoms with Gasteiger partial charge in [-0.05, 0) is 37.2 Å². The first-order valence-electron chi connectivity index (χ1n) is 10.2. The van der Waals surface area contributed by atoms with Crippen molar-refractivity contribution in [1.29, 1.82) is 0 Å². The summed E-state index contributed by atoms with van der Waals surface area (Å²) in [6.45, 7) is 3.04. The van der Waals surface area contributed by atoms with Gasteiger partial charge in [-0.1, -0.05) is 13.8 Å². The minimum atomic E-state index is -1.37. The number of nitrogens with two attached hydrogens (primary N) is 2. The second-order valence-corrected chi connectivity index (χ2v) is 8.71. The Morgan fingerprint density at radius 3 is 1.91 bits per heavy atom. The van der Waals surface area contributed by atoms with Gasteiger partial charge in [0.2, 0.25) is 23.6 Å². The van der Waals surface area contributed by atoms with Crippen molar-refractivity contribution < 1.29 is 34.2 Å². The van der Waals surface area contributed by atoms with E-state index in [-0.39, 0.29) is 25.2 Å². The molecule has 0 aliphatic rings. The minimum Gasteiger partial charge on any atom is -0.480 e. The number of carboxylic acid groups (broad SMARTS) is 1. The van der Waals surface area contributed by atoms with E-state index >= 15 is 0 Å². The maximum atomic E-state index is 12.6. The van der Waals surface area contributed by atoms with Gasteiger partial charge in [-0.25, -0.2) is 4.79 Å². The third-order valence-electron chi connectivity index (χ3n) is 4.42. The standard InChI is InChI=1S/C19H35N5O7S/c1-10(2)8-11(20)16(27)24-14(9-25)18(29)22-12(6-7-32-3)17(28)23-13(19(30)31)4-5-15(21)26/h10-14,25H,4-9,20H2,1-3H3,(H2,21,26)(H,22,29)(H,23,28)(H,24,27)(H,30,31). The van der Waals surface area contributed by atoms with Gasteiger partial charge < -0.3 is 37.6 Å². The molecule has 0 heterocycles. The Kier molecular flexibility index (Phi) is 14.3. The molecule has 32 heavy (non-hydrogen) atoms. The Morgan fingerprint density at radius 1 is 0.906 bits per heavy atom. The zero-order valence-corrected chi connectivity index (χ0v) is 19.4. The molecule has 184 valence electrons. The molecule has 0 saturated carbocycles. The zero-order chi connectivity index (χ0) is 24.8. The van der Waals surface area contributed by atoms with Crippen molar-refractivity contribution in [2.75, 3.05) is 18.6 Å². The minimum absolute atomic E-state index is 0.147. The molecule has 0 saturated heterocycles. The summed E-state index contributed by atoms with van der Waals surface area (Å²) in [4.78, 5) is 59.7. The van der Waals surface area contributed by atoms with Crippen molar-refractivity contribution in [3.05, 3.63) is 0 Å². The van der Waals surface area contributed by atoms with Gasteiger partial charge in [-0.2, -0.15) is 11.8 Å². The molecule has 0 fully saturated rings. The Morgan fingerprint density at radius 2 is 1.44 bits per heavy atom. The van der Waals surface area contributed by atoms with E-state index < -0.39 is 60.4 Å². The molecule has 0 aromatic rings. The summed E-state index contributed by atoms with van der Waals surface area (Å²) in [5.41, 5.74) is 10.8. The van der Waals surface area contributed by atoms with Crippen LogP contribution in [-0.2, 0) is 24.0 Å². The zero-order valence-electron chi connectivity index (χ0n) is 18.6. The van der Waals surface area contributed by atoms with E-state index in [1.165, 1.54) is 11.8 Å². The number of thioether (sulfide) groups is 1. The van der Waals surface area contributed by atoms with Crippen LogP contribution in [0.1, 0.15) is 39.5 Å². The fourth-order valence-corrected chi connectivity index (χ4v) is 3.15. The van der Waals surface area contributed by atoms with Crippen LogP contribution in [0, 0.1) is 5.92 Å². The highest BCUT2D eigenvalue weighted by atomic mass is 32.2. The van der Waals surface area contributed by atoms with E-state index in [9.17, 15) is 34.2 Å². The molecule has 0 aliphatic carbocycles. The fraction of sp³-hybridized carbons (Fsp3) is 0.737. The summed E-state index contributed by atoms with van der Waals surface area (Å²) in [6, 6.07) is -4.70. The van der Waals surface area contributed by atoms with Crippen LogP contribution in [0.4, 0.5) is 0 Å². The number of carbonyl (C=O) groups excluding carboxylic acids is 4. The summed E-state index contributed by atoms with van der Waals surface area (Å²) in [5.74, 6) is -3.66. The lowest BCUT2D eigenvalue weighted by Gasteiger charge is -2.24. The van der Waals surface area contributed by atoms with Crippen molar-refractivity contribution >= 4 is 41.4 Å². The first-order chi connectivity index (χ1) is 14.9. The lowest BCUT2D eigenvalue weighted by Crippen LogP contribution is -2.58. The first-order valence-corrected chi connectivity index (χ1v) is 11.6. The molecule has 0 spiro atoms. The average molecular weight is 478 g/mol. The van der Waals surface area contributed by atoms with E-state index in [0.29, 0.717) is 12.2 Å². The smallest absolute Gasteiger partial charge is 0.326 e. The van der Waals surface area contributed by atoms with Crippen LogP contribution in [0.2, 0.25) is 0 Å². The lowest BCUT2D eigenvalue weighted by atomic mass is 10.0. The Hall–Kier alpha value is -2.38. The van der Waals surface area contributed by atoms with Crippen molar-refractivity contribution in [3.63, 3.8) is 0 Å². The summed E-state index contributed by atoms with van der Waals surface area (Å²) < 4.78 is 0. The van der Waals surface area contributed by atoms with Crippen LogP contribution in [0.3, 0.4) is 0 Å². The first kappa shape index (κ1) is 29.6. The number of aliphatic carboxylic acids is 1. The second kappa shape index (κ2) is 15.4. The molecule has 13 heteroatoms. The number of nitrogens with one attached hydrogen (secondary N) is 3. The average Bonchev–Trinajstić information content (AvgIpc) is 2.70. The third-order valence-corrected chi connectivity index (χ3v) is 5.06. The molecule has 4 atom stereocenters. The van der Waals surface area contributed by atoms with Gasteiger partial charge in [-0.15, -0.1) is 0 Å². The van der Waals surface area contributed by atoms with Crippen molar-refractivity contribution in [1.82, 2.24) is 16.0 Å². The highest BCUT2D eigenvalue weighted by molar-refractivity contribution is 7.98. The molecule has 0 aliphatic heterocycles. The quantitative estimate of drug-likeness (QED) is 0.129. The highest BCUT2D eigenvalue weighted by Crippen LogP contribution is 2.06. The number of hydrogen-bond acceptors (Lipinski definition) is 8. The van der Waals surface area contributed by atoms with E-state index in [0.717, 1.165) is 0 Å². The Labute approximate surface area is 191 Å². The molecule has 0 aromatic heterocycles. The molecule has 9 N–H and O–H groups in total. The number of carboxylic acids is 1. The van der Waals surface area contributed by atoms with E-state index in [1.54, 1.807) is 6.26 Å². The number of aliphatic hydroxyl groups excluding tert-OH is 1. The Bertz CT molecular complexity index is 662. The number of primary amides is 1. The number of amides is 4. The van der Waals surface area contributed by atoms with Gasteiger partial charge in [0.05, 0.1) is 12.6 Å². The van der Waals surface area contributed by atoms with Crippen molar-refractivity contribution in [2.24, 2.45) is 17.4 Å². The van der Waals surface area contributed by atoms with Gasteiger partial charge in [0, 0.05) is 6.42 Å². The molecule has 4 unspecified atom stereocenters. The monoisotopic (exact) mass is 477 g/mol. The summed E-state index contributed by atoms with van der Waals surface area (Å²) in [7, 11) is 0. The van der Waals surface area contributed by atoms with Crippen LogP contribution in [0.15, 0.2) is 0 Å². The molecule has 0 radical (unpaired) electrons. The van der Waals surface area contributed by atoms with E-state index in [2.05, 4.69) is 16.0 Å². The van der Waals surface area contributed by atoms with Gasteiger partial charge in [0.25, 0.3) is 0 Å². The molecule has 12 nitrogen and oxygen atoms in total. The molecular weight excluding hydrogens is 442 g/mol. The topological polar surface area (TPSA) is 214 Å². The fourth-order valence-electron chi connectivity index (χ4n) is 2.68. The molecular formula is C19H35N5O7S. The van der Waals surface area contributed by atoms with Crippen molar-refractivity contribution in [3.8, 4) is 0 Å². The van der Waals surface area contributed by atoms with Gasteiger partial charge in [0.1, 0.15) is 18.1 Å². The normalized spacial score (nSPS) is 14.7. The van der Waals surface area contributed by atoms with Gasteiger partial charge in [0.15, 0.2) is 0 Å². The maximum Gasteiger partial charge on any atom is 0.326 e. The van der Waals surface area contributed by atoms with Crippen LogP contribution >= 0.6 is 11.8 Å². The van der Waals surface area contributed by atoms with E-state index in [1.807, 2.05) is 13.8 Å². The van der Waals surface area contributed by atoms with Crippen LogP contribution in [0.5, 0.6) is 0 Å². The predicted molar refractivity (Wildman–Crippen MR) is 119 cm³/mol. The number of rotatable bonds is 16. The SMILES string of the molecule is CSCCC(NC(=O)C(CO)NC(=O)C(N)CC(C)C)C(=O)NC(CCC(N)=O)C(=O)O. The predicted octanol–water partition coefficient (Wildman–Crippen LogP) is -2.09. The van der Waals surface area contributed by atoms with Crippen molar-refractivity contribution in [2.45, 2.75) is 63.7 Å². The largest absolute Gasteiger partial charge is 0.480 e. The molecule has 0 bridgehead atoms. The Balaban J connectivity index is 5.22. The number of hydrogen-bond donors (Lipinski definition) is 7. The number of carbonyl (C=O) groups is 5. The maximum absolute atomic E-state index is 12.6. The van der Waals surface area contributed by atoms with Crippen LogP contribution in [0.25, 0.3) is 0 Å². The van der Waals surface area contributed by atoms with Gasteiger partial charge in [-0.3, -0.25) is 19.2 Å². The number of aliphatic hydroxyl groups is 1. The van der Waals surface area contributed by atoms with Crippen LogP contribution in [-0.4, -0.2) is 82.6 Å². The molecule has 4 amide bonds.